The van der Waals surface area contributed by atoms with Crippen LogP contribution >= 0.6 is 11.6 Å². The van der Waals surface area contributed by atoms with Crippen LogP contribution in [-0.2, 0) is 0 Å². The largest absolute Gasteiger partial charge is 0.480 e. The molecule has 0 fully saturated rings. The summed E-state index contributed by atoms with van der Waals surface area (Å²) in [6, 6.07) is 10.9. The first-order valence-electron chi connectivity index (χ1n) is 7.65. The molecule has 1 amide bonds. The van der Waals surface area contributed by atoms with Crippen LogP contribution in [0.1, 0.15) is 10.4 Å². The van der Waals surface area contributed by atoms with Crippen molar-refractivity contribution in [2.45, 2.75) is 0 Å². The Morgan fingerprint density at radius 2 is 2.12 bits per heavy atom. The lowest BCUT2D eigenvalue weighted by Crippen LogP contribution is -2.12. The zero-order chi connectivity index (χ0) is 18.1. The van der Waals surface area contributed by atoms with Crippen LogP contribution in [0.2, 0.25) is 5.02 Å². The molecular weight excluding hydrogens is 356 g/mol. The number of nitrogens with zero attached hydrogens (tertiary/aromatic N) is 3. The molecule has 4 aromatic rings. The third kappa shape index (κ3) is 2.98. The zero-order valence-corrected chi connectivity index (χ0v) is 14.3. The maximum atomic E-state index is 12.3. The number of carbonyl (C=O) groups is 1. The van der Waals surface area contributed by atoms with Crippen LogP contribution in [0.25, 0.3) is 22.6 Å². The van der Waals surface area contributed by atoms with Gasteiger partial charge in [0.2, 0.25) is 5.88 Å². The Balaban J connectivity index is 1.54. The number of halogens is 1. The second kappa shape index (κ2) is 6.49. The average molecular weight is 369 g/mol. The van der Waals surface area contributed by atoms with Crippen molar-refractivity contribution < 1.29 is 9.53 Å². The summed E-state index contributed by atoms with van der Waals surface area (Å²) >= 11 is 6.00. The summed E-state index contributed by atoms with van der Waals surface area (Å²) < 4.78 is 4.97. The molecule has 3 N–H and O–H groups in total. The Kier molecular flexibility index (Phi) is 4.02. The fourth-order valence-corrected chi connectivity index (χ4v) is 2.72. The van der Waals surface area contributed by atoms with E-state index in [0.717, 1.165) is 11.0 Å². The number of hydrogen-bond donors (Lipinski definition) is 3. The smallest absolute Gasteiger partial charge is 0.258 e. The van der Waals surface area contributed by atoms with Crippen LogP contribution in [0, 0.1) is 0 Å². The fourth-order valence-electron chi connectivity index (χ4n) is 2.48. The van der Waals surface area contributed by atoms with E-state index in [2.05, 4.69) is 30.5 Å². The van der Waals surface area contributed by atoms with Gasteiger partial charge in [-0.1, -0.05) is 23.7 Å². The molecule has 0 atom stereocenters. The molecule has 0 saturated heterocycles. The lowest BCUT2D eigenvalue weighted by atomic mass is 10.2. The first kappa shape index (κ1) is 16.1. The predicted molar refractivity (Wildman–Crippen MR) is 97.4 cm³/mol. The lowest BCUT2D eigenvalue weighted by molar-refractivity contribution is 0.102. The molecule has 9 heteroatoms. The SMILES string of the molecule is COc1ncc(C(=O)Nc2cc(-c3nc4ccccc4[nH]3)[nH]n2)cc1Cl. The number of aromatic nitrogens is 5. The molecule has 3 aromatic heterocycles. The lowest BCUT2D eigenvalue weighted by Gasteiger charge is -2.04. The van der Waals surface area contributed by atoms with Crippen LogP contribution in [0.4, 0.5) is 5.82 Å². The second-order valence-electron chi connectivity index (χ2n) is 5.44. The Morgan fingerprint density at radius 3 is 2.88 bits per heavy atom. The molecule has 1 aromatic carbocycles. The summed E-state index contributed by atoms with van der Waals surface area (Å²) in [5.74, 6) is 0.866. The highest BCUT2D eigenvalue weighted by Gasteiger charge is 2.14. The number of hydrogen-bond acceptors (Lipinski definition) is 5. The minimum absolute atomic E-state index is 0.255. The Hall–Kier alpha value is -3.39. The Morgan fingerprint density at radius 1 is 1.27 bits per heavy atom. The van der Waals surface area contributed by atoms with E-state index in [1.165, 1.54) is 19.4 Å². The Bertz CT molecular complexity index is 1070. The quantitative estimate of drug-likeness (QED) is 0.512. The molecule has 0 spiro atoms. The number of carbonyl (C=O) groups excluding carboxylic acids is 1. The average Bonchev–Trinajstić information content (AvgIpc) is 3.28. The topological polar surface area (TPSA) is 109 Å². The first-order valence-corrected chi connectivity index (χ1v) is 8.03. The summed E-state index contributed by atoms with van der Waals surface area (Å²) in [7, 11) is 1.46. The zero-order valence-electron chi connectivity index (χ0n) is 13.6. The molecule has 4 rings (SSSR count). The summed E-state index contributed by atoms with van der Waals surface area (Å²) in [6.45, 7) is 0. The van der Waals surface area contributed by atoms with E-state index in [4.69, 9.17) is 16.3 Å². The van der Waals surface area contributed by atoms with Crippen LogP contribution in [0.3, 0.4) is 0 Å². The second-order valence-corrected chi connectivity index (χ2v) is 5.85. The number of imidazole rings is 1. The van der Waals surface area contributed by atoms with Gasteiger partial charge in [-0.15, -0.1) is 0 Å². The molecule has 0 radical (unpaired) electrons. The van der Waals surface area contributed by atoms with Crippen LogP contribution < -0.4 is 10.1 Å². The van der Waals surface area contributed by atoms with Crippen LogP contribution in [0.15, 0.2) is 42.6 Å². The molecule has 0 aliphatic rings. The van der Waals surface area contributed by atoms with Gasteiger partial charge in [-0.3, -0.25) is 9.89 Å². The van der Waals surface area contributed by atoms with Gasteiger partial charge >= 0.3 is 0 Å². The number of pyridine rings is 1. The molecular formula is C17H13ClN6O2. The van der Waals surface area contributed by atoms with Crippen molar-refractivity contribution in [3.05, 3.63) is 53.2 Å². The number of rotatable bonds is 4. The fraction of sp³-hybridized carbons (Fsp3) is 0.0588. The standard InChI is InChI=1S/C17H13ClN6O2/c1-26-17-10(18)6-9(8-19-17)16(25)22-14-7-13(23-24-14)15-20-11-4-2-3-5-12(11)21-15/h2-8H,1H3,(H,20,21)(H2,22,23,24,25). The van der Waals surface area contributed by atoms with E-state index in [0.29, 0.717) is 22.9 Å². The maximum Gasteiger partial charge on any atom is 0.258 e. The minimum atomic E-state index is -0.385. The van der Waals surface area contributed by atoms with Crippen LogP contribution in [0.5, 0.6) is 5.88 Å². The van der Waals surface area contributed by atoms with Gasteiger partial charge in [0.05, 0.1) is 23.7 Å². The molecule has 130 valence electrons. The van der Waals surface area contributed by atoms with Crippen molar-refractivity contribution in [3.63, 3.8) is 0 Å². The number of methoxy groups -OCH3 is 1. The van der Waals surface area contributed by atoms with Gasteiger partial charge in [-0.25, -0.2) is 9.97 Å². The molecule has 26 heavy (non-hydrogen) atoms. The number of amides is 1. The number of fused-ring (bicyclic) bond motifs is 1. The van der Waals surface area contributed by atoms with Crippen molar-refractivity contribution in [1.29, 1.82) is 0 Å². The van der Waals surface area contributed by atoms with Gasteiger partial charge in [0.15, 0.2) is 11.6 Å². The number of para-hydroxylation sites is 2. The Labute approximate surface area is 152 Å². The molecule has 0 bridgehead atoms. The summed E-state index contributed by atoms with van der Waals surface area (Å²) in [6.07, 6.45) is 1.38. The van der Waals surface area contributed by atoms with Gasteiger partial charge in [-0.2, -0.15) is 5.10 Å². The normalized spacial score (nSPS) is 10.8. The van der Waals surface area contributed by atoms with Crippen molar-refractivity contribution in [3.8, 4) is 17.4 Å². The maximum absolute atomic E-state index is 12.3. The number of H-pyrrole nitrogens is 2. The molecule has 3 heterocycles. The van der Waals surface area contributed by atoms with E-state index >= 15 is 0 Å². The molecule has 0 saturated carbocycles. The number of aromatic amines is 2. The summed E-state index contributed by atoms with van der Waals surface area (Å²) in [4.78, 5) is 24.0. The molecule has 0 unspecified atom stereocenters. The van der Waals surface area contributed by atoms with E-state index in [1.807, 2.05) is 24.3 Å². The van der Waals surface area contributed by atoms with E-state index in [-0.39, 0.29) is 16.8 Å². The minimum Gasteiger partial charge on any atom is -0.480 e. The van der Waals surface area contributed by atoms with Crippen molar-refractivity contribution in [2.24, 2.45) is 0 Å². The van der Waals surface area contributed by atoms with Crippen molar-refractivity contribution in [1.82, 2.24) is 25.1 Å². The van der Waals surface area contributed by atoms with E-state index in [9.17, 15) is 4.79 Å². The van der Waals surface area contributed by atoms with Gasteiger partial charge < -0.3 is 15.0 Å². The van der Waals surface area contributed by atoms with Gasteiger partial charge in [0.25, 0.3) is 5.91 Å². The number of benzene rings is 1. The first-order chi connectivity index (χ1) is 12.6. The monoisotopic (exact) mass is 368 g/mol. The number of nitrogens with one attached hydrogen (secondary N) is 3. The van der Waals surface area contributed by atoms with E-state index in [1.54, 1.807) is 6.07 Å². The highest BCUT2D eigenvalue weighted by atomic mass is 35.5. The van der Waals surface area contributed by atoms with Crippen LogP contribution in [-0.4, -0.2) is 38.2 Å². The molecule has 8 nitrogen and oxygen atoms in total. The summed E-state index contributed by atoms with van der Waals surface area (Å²) in [5, 5.41) is 9.88. The van der Waals surface area contributed by atoms with Crippen molar-refractivity contribution >= 4 is 34.4 Å². The number of ether oxygens (including phenoxy) is 1. The third-order valence-corrected chi connectivity index (χ3v) is 4.00. The molecule has 0 aliphatic heterocycles. The van der Waals surface area contributed by atoms with Gasteiger partial charge in [-0.05, 0) is 18.2 Å². The predicted octanol–water partition coefficient (Wildman–Crippen LogP) is 3.26. The highest BCUT2D eigenvalue weighted by molar-refractivity contribution is 6.32. The number of anilines is 1. The van der Waals surface area contributed by atoms with E-state index < -0.39 is 0 Å². The third-order valence-electron chi connectivity index (χ3n) is 3.73. The van der Waals surface area contributed by atoms with Gasteiger partial charge in [0, 0.05) is 12.3 Å². The summed E-state index contributed by atoms with van der Waals surface area (Å²) in [5.41, 5.74) is 2.72. The van der Waals surface area contributed by atoms with Gasteiger partial charge in [0.1, 0.15) is 10.7 Å². The molecule has 0 aliphatic carbocycles. The highest BCUT2D eigenvalue weighted by Crippen LogP contribution is 2.23. The van der Waals surface area contributed by atoms with Crippen molar-refractivity contribution in [2.75, 3.05) is 12.4 Å².